The molecule has 2 heterocycles. The highest BCUT2D eigenvalue weighted by atomic mass is 31.2. The smallest absolute Gasteiger partial charge is 0.459 e. The lowest BCUT2D eigenvalue weighted by molar-refractivity contribution is -0.146. The Morgan fingerprint density at radius 3 is 2.52 bits per heavy atom. The van der Waals surface area contributed by atoms with Gasteiger partial charge in [-0.1, -0.05) is 48.5 Å². The highest BCUT2D eigenvalue weighted by Gasteiger charge is 2.65. The number of benzene rings is 2. The van der Waals surface area contributed by atoms with Crippen LogP contribution in [0.2, 0.25) is 0 Å². The number of rotatable bonds is 11. The van der Waals surface area contributed by atoms with E-state index in [1.807, 2.05) is 30.3 Å². The molecule has 1 saturated carbocycles. The van der Waals surface area contributed by atoms with Crippen LogP contribution in [0.3, 0.4) is 0 Å². The Labute approximate surface area is 232 Å². The van der Waals surface area contributed by atoms with Gasteiger partial charge in [-0.05, 0) is 43.5 Å². The zero-order valence-corrected chi connectivity index (χ0v) is 22.8. The number of ether oxygens (including phenoxy) is 2. The van der Waals surface area contributed by atoms with Crippen LogP contribution in [0, 0.1) is 5.41 Å². The average molecular weight is 573 g/mol. The third-order valence-electron chi connectivity index (χ3n) is 7.09. The lowest BCUT2D eigenvalue weighted by atomic mass is 9.96. The molecule has 0 aromatic heterocycles. The molecule has 40 heavy (non-hydrogen) atoms. The number of nitrogens with two attached hydrogens (primary N) is 1. The molecule has 2 aromatic rings. The van der Waals surface area contributed by atoms with E-state index in [0.717, 1.165) is 5.56 Å². The van der Waals surface area contributed by atoms with Crippen molar-refractivity contribution in [2.24, 2.45) is 16.1 Å². The molecule has 214 valence electrons. The molecule has 5 N–H and O–H groups in total. The average Bonchev–Trinajstić information content (AvgIpc) is 3.70. The normalized spacial score (nSPS) is 27.1. The van der Waals surface area contributed by atoms with E-state index in [0.29, 0.717) is 12.8 Å². The summed E-state index contributed by atoms with van der Waals surface area (Å²) in [5, 5.41) is 24.2. The maximum absolute atomic E-state index is 13.9. The molecule has 0 radical (unpaired) electrons. The van der Waals surface area contributed by atoms with E-state index in [2.05, 4.69) is 10.1 Å². The topological polar surface area (TPSA) is 165 Å². The van der Waals surface area contributed by atoms with Crippen LogP contribution < -0.4 is 15.3 Å². The second kappa shape index (κ2) is 11.7. The summed E-state index contributed by atoms with van der Waals surface area (Å²) in [6.45, 7) is 1.22. The van der Waals surface area contributed by atoms with Gasteiger partial charge in [0.25, 0.3) is 0 Å². The van der Waals surface area contributed by atoms with Gasteiger partial charge in [-0.3, -0.25) is 9.32 Å². The molecular formula is C27H33N4O8P. The van der Waals surface area contributed by atoms with Crippen molar-refractivity contribution in [1.29, 1.82) is 0 Å². The van der Waals surface area contributed by atoms with Crippen molar-refractivity contribution in [2.75, 3.05) is 6.61 Å². The van der Waals surface area contributed by atoms with E-state index in [4.69, 9.17) is 24.3 Å². The maximum atomic E-state index is 13.9. The van der Waals surface area contributed by atoms with Gasteiger partial charge in [0.1, 0.15) is 36.6 Å². The SMILES string of the molecule is CC(NP(=O)(OCC1OC(N2C=CC(N)=NC2O)C2(CC2)C1O)Oc1ccccc1)C(=O)OCc1ccccc1. The van der Waals surface area contributed by atoms with Gasteiger partial charge in [0.15, 0.2) is 0 Å². The molecule has 6 unspecified atom stereocenters. The summed E-state index contributed by atoms with van der Waals surface area (Å²) < 4.78 is 36.8. The second-order valence-corrected chi connectivity index (χ2v) is 11.7. The van der Waals surface area contributed by atoms with Gasteiger partial charge in [-0.15, -0.1) is 0 Å². The molecule has 1 spiro atoms. The number of carbonyl (C=O) groups is 1. The van der Waals surface area contributed by atoms with Crippen LogP contribution in [0.25, 0.3) is 0 Å². The predicted octanol–water partition coefficient (Wildman–Crippen LogP) is 2.24. The first-order valence-electron chi connectivity index (χ1n) is 13.0. The van der Waals surface area contributed by atoms with E-state index in [1.54, 1.807) is 36.5 Å². The van der Waals surface area contributed by atoms with Gasteiger partial charge in [0.05, 0.1) is 12.7 Å². The first-order valence-corrected chi connectivity index (χ1v) is 14.5. The molecule has 13 heteroatoms. The molecule has 2 aromatic carbocycles. The van der Waals surface area contributed by atoms with Gasteiger partial charge in [-0.25, -0.2) is 9.56 Å². The number of hydrogen-bond acceptors (Lipinski definition) is 11. The van der Waals surface area contributed by atoms with Crippen LogP contribution in [-0.4, -0.2) is 64.4 Å². The number of amidine groups is 1. The van der Waals surface area contributed by atoms with Gasteiger partial charge in [-0.2, -0.15) is 5.09 Å². The fourth-order valence-corrected chi connectivity index (χ4v) is 6.29. The summed E-state index contributed by atoms with van der Waals surface area (Å²) in [6, 6.07) is 16.5. The molecule has 2 fully saturated rings. The Morgan fingerprint density at radius 1 is 1.20 bits per heavy atom. The van der Waals surface area contributed by atoms with E-state index in [1.165, 1.54) is 17.9 Å². The molecule has 5 rings (SSSR count). The maximum Gasteiger partial charge on any atom is 0.459 e. The zero-order valence-electron chi connectivity index (χ0n) is 21.9. The second-order valence-electron chi connectivity index (χ2n) is 10.0. The van der Waals surface area contributed by atoms with Crippen LogP contribution in [-0.2, 0) is 30.0 Å². The van der Waals surface area contributed by atoms with Crippen molar-refractivity contribution >= 4 is 19.6 Å². The number of nitrogens with zero attached hydrogens (tertiary/aromatic N) is 2. The van der Waals surface area contributed by atoms with Crippen LogP contribution in [0.4, 0.5) is 0 Å². The molecule has 2 aliphatic heterocycles. The molecule has 0 bridgehead atoms. The Bertz CT molecular complexity index is 1290. The monoisotopic (exact) mass is 572 g/mol. The van der Waals surface area contributed by atoms with Crippen LogP contribution in [0.15, 0.2) is 77.9 Å². The minimum atomic E-state index is -4.18. The fraction of sp³-hybridized carbons (Fsp3) is 0.407. The van der Waals surface area contributed by atoms with Crippen LogP contribution >= 0.6 is 7.75 Å². The molecule has 6 atom stereocenters. The number of aliphatic hydroxyl groups is 2. The lowest BCUT2D eigenvalue weighted by Gasteiger charge is -2.34. The van der Waals surface area contributed by atoms with E-state index in [9.17, 15) is 19.6 Å². The van der Waals surface area contributed by atoms with Gasteiger partial charge in [0, 0.05) is 11.6 Å². The number of carbonyl (C=O) groups excluding carboxylic acids is 1. The first-order chi connectivity index (χ1) is 19.2. The number of aliphatic hydroxyl groups excluding tert-OH is 2. The van der Waals surface area contributed by atoms with Gasteiger partial charge >= 0.3 is 13.7 Å². The van der Waals surface area contributed by atoms with Crippen molar-refractivity contribution in [3.05, 3.63) is 78.5 Å². The number of esters is 1. The van der Waals surface area contributed by atoms with Crippen LogP contribution in [0.5, 0.6) is 5.75 Å². The zero-order chi connectivity index (χ0) is 28.3. The van der Waals surface area contributed by atoms with Crippen molar-refractivity contribution in [3.8, 4) is 5.75 Å². The summed E-state index contributed by atoms with van der Waals surface area (Å²) in [5.41, 5.74) is 5.83. The minimum Gasteiger partial charge on any atom is -0.460 e. The Balaban J connectivity index is 1.26. The molecule has 12 nitrogen and oxygen atoms in total. The number of para-hydroxylation sites is 1. The fourth-order valence-electron chi connectivity index (χ4n) is 4.78. The highest BCUT2D eigenvalue weighted by molar-refractivity contribution is 7.52. The van der Waals surface area contributed by atoms with Crippen molar-refractivity contribution in [2.45, 2.75) is 57.2 Å². The van der Waals surface area contributed by atoms with Gasteiger partial charge in [0.2, 0.25) is 6.35 Å². The lowest BCUT2D eigenvalue weighted by Crippen LogP contribution is -2.46. The van der Waals surface area contributed by atoms with Gasteiger partial charge < -0.3 is 34.8 Å². The van der Waals surface area contributed by atoms with Crippen molar-refractivity contribution in [1.82, 2.24) is 9.99 Å². The molecule has 3 aliphatic rings. The summed E-state index contributed by atoms with van der Waals surface area (Å²) in [4.78, 5) is 18.1. The van der Waals surface area contributed by atoms with Crippen molar-refractivity contribution in [3.63, 3.8) is 0 Å². The number of hydrogen-bond donors (Lipinski definition) is 4. The largest absolute Gasteiger partial charge is 0.460 e. The summed E-state index contributed by atoms with van der Waals surface area (Å²) in [7, 11) is -4.18. The quantitative estimate of drug-likeness (QED) is 0.230. The molecule has 1 aliphatic carbocycles. The van der Waals surface area contributed by atoms with E-state index >= 15 is 0 Å². The predicted molar refractivity (Wildman–Crippen MR) is 144 cm³/mol. The summed E-state index contributed by atoms with van der Waals surface area (Å²) >= 11 is 0. The minimum absolute atomic E-state index is 0.0501. The first kappa shape index (κ1) is 28.3. The third-order valence-corrected chi connectivity index (χ3v) is 8.73. The highest BCUT2D eigenvalue weighted by Crippen LogP contribution is 2.59. The molecule has 1 saturated heterocycles. The Kier molecular flexibility index (Phi) is 8.27. The van der Waals surface area contributed by atoms with E-state index in [-0.39, 0.29) is 24.8 Å². The summed E-state index contributed by atoms with van der Waals surface area (Å²) in [6.07, 6.45) is 0.586. The number of aliphatic imine (C=N–C) groups is 1. The Hall–Kier alpha value is -3.25. The van der Waals surface area contributed by atoms with Crippen molar-refractivity contribution < 1.29 is 38.1 Å². The summed E-state index contributed by atoms with van der Waals surface area (Å²) in [5.74, 6) is -0.220. The van der Waals surface area contributed by atoms with E-state index < -0.39 is 50.0 Å². The molecular weight excluding hydrogens is 539 g/mol. The molecule has 0 amide bonds. The number of nitrogens with one attached hydrogen (secondary N) is 1. The standard InChI is InChI=1S/C27H33N4O8P/c1-18(24(33)36-16-19-8-4-2-5-9-19)30-40(35,39-20-10-6-3-7-11-20)37-17-21-23(32)27(13-14-27)25(38-21)31-15-12-22(28)29-26(31)34/h2-12,15,18,21,23,25-26,32,34H,13-14,16-17H2,1H3,(H2,28,29)(H,30,35). The Morgan fingerprint density at radius 2 is 1.88 bits per heavy atom. The third kappa shape index (κ3) is 6.22. The van der Waals surface area contributed by atoms with Crippen LogP contribution in [0.1, 0.15) is 25.3 Å².